The second-order valence-electron chi connectivity index (χ2n) is 7.65. The topological polar surface area (TPSA) is 20.3 Å². The van der Waals surface area contributed by atoms with Gasteiger partial charge in [0.05, 0.1) is 0 Å². The molecule has 0 aromatic heterocycles. The van der Waals surface area contributed by atoms with Crippen LogP contribution in [0.25, 0.3) is 0 Å². The summed E-state index contributed by atoms with van der Waals surface area (Å²) in [6.45, 7) is 9.54. The Morgan fingerprint density at radius 1 is 1.10 bits per heavy atom. The molecule has 0 unspecified atom stereocenters. The van der Waals surface area contributed by atoms with E-state index in [-0.39, 0.29) is 11.3 Å². The van der Waals surface area contributed by atoms with Crippen LogP contribution in [0.15, 0.2) is 24.3 Å². The molecular formula is C19H29NO. The fraction of sp³-hybridized carbons (Fsp3) is 0.632. The first-order valence-electron chi connectivity index (χ1n) is 8.24. The molecule has 0 spiro atoms. The summed E-state index contributed by atoms with van der Waals surface area (Å²) in [6, 6.07) is 8.42. The first-order valence-corrected chi connectivity index (χ1v) is 8.24. The zero-order valence-electron chi connectivity index (χ0n) is 14.0. The Morgan fingerprint density at radius 2 is 1.67 bits per heavy atom. The third-order valence-electron chi connectivity index (χ3n) is 4.22. The van der Waals surface area contributed by atoms with Gasteiger partial charge in [0, 0.05) is 18.2 Å². The molecule has 0 N–H and O–H groups in total. The number of carbonyl (C=O) groups is 1. The van der Waals surface area contributed by atoms with Crippen molar-refractivity contribution in [2.24, 2.45) is 5.41 Å². The molecule has 2 rings (SSSR count). The summed E-state index contributed by atoms with van der Waals surface area (Å²) >= 11 is 0. The van der Waals surface area contributed by atoms with Crippen molar-refractivity contribution in [3.63, 3.8) is 0 Å². The van der Waals surface area contributed by atoms with Gasteiger partial charge in [-0.05, 0) is 37.3 Å². The Bertz CT molecular complexity index is 463. The van der Waals surface area contributed by atoms with Crippen molar-refractivity contribution in [2.45, 2.75) is 65.8 Å². The lowest BCUT2D eigenvalue weighted by Crippen LogP contribution is -2.45. The molecule has 1 fully saturated rings. The quantitative estimate of drug-likeness (QED) is 0.780. The summed E-state index contributed by atoms with van der Waals surface area (Å²) in [4.78, 5) is 15.1. The molecular weight excluding hydrogens is 258 g/mol. The molecule has 1 aliphatic carbocycles. The summed E-state index contributed by atoms with van der Waals surface area (Å²) in [5, 5.41) is 0. The average molecular weight is 287 g/mol. The van der Waals surface area contributed by atoms with Crippen molar-refractivity contribution in [1.82, 2.24) is 4.90 Å². The molecule has 0 saturated heterocycles. The van der Waals surface area contributed by atoms with E-state index >= 15 is 0 Å². The highest BCUT2D eigenvalue weighted by Gasteiger charge is 2.29. The highest BCUT2D eigenvalue weighted by Crippen LogP contribution is 2.27. The number of aryl methyl sites for hydroxylation is 1. The second-order valence-corrected chi connectivity index (χ2v) is 7.65. The standard InChI is InChI=1S/C19H29NO/c1-15-10-12-16(13-11-15)18(21)20(14-19(2,3)4)17-8-6-5-7-9-17/h10-13,17H,5-9,14H2,1-4H3. The van der Waals surface area contributed by atoms with Crippen LogP contribution in [0.1, 0.15) is 68.8 Å². The Morgan fingerprint density at radius 3 is 2.19 bits per heavy atom. The summed E-state index contributed by atoms with van der Waals surface area (Å²) in [7, 11) is 0. The van der Waals surface area contributed by atoms with E-state index in [1.54, 1.807) is 0 Å². The van der Waals surface area contributed by atoms with Crippen molar-refractivity contribution in [2.75, 3.05) is 6.54 Å². The van der Waals surface area contributed by atoms with Crippen LogP contribution in [-0.4, -0.2) is 23.4 Å². The molecule has 21 heavy (non-hydrogen) atoms. The van der Waals surface area contributed by atoms with Crippen LogP contribution in [0.5, 0.6) is 0 Å². The molecule has 0 bridgehead atoms. The molecule has 1 aromatic carbocycles. The van der Waals surface area contributed by atoms with E-state index in [4.69, 9.17) is 0 Å². The summed E-state index contributed by atoms with van der Waals surface area (Å²) < 4.78 is 0. The van der Waals surface area contributed by atoms with Gasteiger partial charge in [0.2, 0.25) is 0 Å². The molecule has 2 nitrogen and oxygen atoms in total. The van der Waals surface area contributed by atoms with Gasteiger partial charge in [-0.2, -0.15) is 0 Å². The normalized spacial score (nSPS) is 16.8. The van der Waals surface area contributed by atoms with Gasteiger partial charge < -0.3 is 4.90 Å². The van der Waals surface area contributed by atoms with Gasteiger partial charge in [0.15, 0.2) is 0 Å². The smallest absolute Gasteiger partial charge is 0.254 e. The fourth-order valence-corrected chi connectivity index (χ4v) is 3.13. The van der Waals surface area contributed by atoms with Crippen LogP contribution < -0.4 is 0 Å². The summed E-state index contributed by atoms with van der Waals surface area (Å²) in [5.41, 5.74) is 2.17. The molecule has 0 atom stereocenters. The van der Waals surface area contributed by atoms with E-state index in [0.29, 0.717) is 6.04 Å². The van der Waals surface area contributed by atoms with E-state index in [1.165, 1.54) is 24.8 Å². The van der Waals surface area contributed by atoms with Crippen molar-refractivity contribution in [3.8, 4) is 0 Å². The van der Waals surface area contributed by atoms with Crippen LogP contribution in [-0.2, 0) is 0 Å². The van der Waals surface area contributed by atoms with Gasteiger partial charge in [-0.25, -0.2) is 0 Å². The first-order chi connectivity index (χ1) is 9.87. The van der Waals surface area contributed by atoms with E-state index < -0.39 is 0 Å². The molecule has 2 heteroatoms. The maximum absolute atomic E-state index is 13.0. The van der Waals surface area contributed by atoms with Crippen LogP contribution in [0.3, 0.4) is 0 Å². The minimum absolute atomic E-state index is 0.137. The molecule has 1 amide bonds. The van der Waals surface area contributed by atoms with Crippen LogP contribution in [0.4, 0.5) is 0 Å². The van der Waals surface area contributed by atoms with Gasteiger partial charge in [0.1, 0.15) is 0 Å². The Kier molecular flexibility index (Phi) is 5.08. The summed E-state index contributed by atoms with van der Waals surface area (Å²) in [6.07, 6.45) is 6.15. The zero-order valence-corrected chi connectivity index (χ0v) is 14.0. The highest BCUT2D eigenvalue weighted by atomic mass is 16.2. The Hall–Kier alpha value is -1.31. The third-order valence-corrected chi connectivity index (χ3v) is 4.22. The van der Waals surface area contributed by atoms with Gasteiger partial charge in [0.25, 0.3) is 5.91 Å². The number of benzene rings is 1. The molecule has 116 valence electrons. The number of amides is 1. The van der Waals surface area contributed by atoms with E-state index in [0.717, 1.165) is 24.9 Å². The molecule has 0 aliphatic heterocycles. The average Bonchev–Trinajstić information content (AvgIpc) is 2.45. The first kappa shape index (κ1) is 16.1. The third kappa shape index (κ3) is 4.59. The molecule has 1 saturated carbocycles. The highest BCUT2D eigenvalue weighted by molar-refractivity contribution is 5.94. The minimum Gasteiger partial charge on any atom is -0.335 e. The Balaban J connectivity index is 2.20. The predicted molar refractivity (Wildman–Crippen MR) is 88.5 cm³/mol. The fourth-order valence-electron chi connectivity index (χ4n) is 3.13. The van der Waals surface area contributed by atoms with Gasteiger partial charge in [-0.15, -0.1) is 0 Å². The van der Waals surface area contributed by atoms with Crippen molar-refractivity contribution < 1.29 is 4.79 Å². The Labute approximate surface area is 129 Å². The largest absolute Gasteiger partial charge is 0.335 e. The molecule has 1 aromatic rings. The second kappa shape index (κ2) is 6.64. The SMILES string of the molecule is Cc1ccc(C(=O)N(CC(C)(C)C)C2CCCCC2)cc1. The number of rotatable bonds is 3. The van der Waals surface area contributed by atoms with Crippen molar-refractivity contribution in [1.29, 1.82) is 0 Å². The van der Waals surface area contributed by atoms with Crippen LogP contribution >= 0.6 is 0 Å². The zero-order chi connectivity index (χ0) is 15.5. The summed E-state index contributed by atoms with van der Waals surface area (Å²) in [5.74, 6) is 0.205. The van der Waals surface area contributed by atoms with E-state index in [1.807, 2.05) is 24.3 Å². The lowest BCUT2D eigenvalue weighted by Gasteiger charge is -2.38. The molecule has 0 heterocycles. The van der Waals surface area contributed by atoms with Crippen molar-refractivity contribution in [3.05, 3.63) is 35.4 Å². The number of carbonyl (C=O) groups excluding carboxylic acids is 1. The molecule has 0 radical (unpaired) electrons. The number of hydrogen-bond acceptors (Lipinski definition) is 1. The van der Waals surface area contributed by atoms with Gasteiger partial charge in [-0.3, -0.25) is 4.79 Å². The van der Waals surface area contributed by atoms with Gasteiger partial charge >= 0.3 is 0 Å². The predicted octanol–water partition coefficient (Wildman–Crippen LogP) is 4.82. The van der Waals surface area contributed by atoms with Crippen LogP contribution in [0.2, 0.25) is 0 Å². The molecule has 1 aliphatic rings. The number of hydrogen-bond donors (Lipinski definition) is 0. The van der Waals surface area contributed by atoms with Gasteiger partial charge in [-0.1, -0.05) is 57.7 Å². The lowest BCUT2D eigenvalue weighted by molar-refractivity contribution is 0.0544. The van der Waals surface area contributed by atoms with E-state index in [2.05, 4.69) is 32.6 Å². The monoisotopic (exact) mass is 287 g/mol. The minimum atomic E-state index is 0.137. The lowest BCUT2D eigenvalue weighted by atomic mass is 9.90. The maximum atomic E-state index is 13.0. The maximum Gasteiger partial charge on any atom is 0.254 e. The number of nitrogens with zero attached hydrogens (tertiary/aromatic N) is 1. The van der Waals surface area contributed by atoms with Crippen molar-refractivity contribution >= 4 is 5.91 Å². The van der Waals surface area contributed by atoms with E-state index in [9.17, 15) is 4.79 Å². The van der Waals surface area contributed by atoms with Crippen LogP contribution in [0, 0.1) is 12.3 Å².